The average Bonchev–Trinajstić information content (AvgIpc) is 3.30. The molecule has 0 aromatic heterocycles. The molecule has 0 aliphatic carbocycles. The van der Waals surface area contributed by atoms with E-state index in [0.717, 1.165) is 24.4 Å². The molecule has 1 aliphatic heterocycles. The van der Waals surface area contributed by atoms with Crippen molar-refractivity contribution in [3.63, 3.8) is 0 Å². The molecule has 2 rings (SSSR count). The number of hydrogen-bond acceptors (Lipinski definition) is 1. The summed E-state index contributed by atoms with van der Waals surface area (Å²) in [4.78, 5) is 11.5. The molecule has 0 N–H and O–H groups in total. The minimum absolute atomic E-state index is 0.0719. The molecule has 1 amide bonds. The van der Waals surface area contributed by atoms with E-state index >= 15 is 0 Å². The Labute approximate surface area is 121 Å². The second-order valence-corrected chi connectivity index (χ2v) is 5.65. The first-order valence-electron chi connectivity index (χ1n) is 7.60. The lowest BCUT2D eigenvalue weighted by molar-refractivity contribution is -0.359. The third kappa shape index (κ3) is 4.76. The van der Waals surface area contributed by atoms with E-state index in [2.05, 4.69) is 38.1 Å². The first-order valence-corrected chi connectivity index (χ1v) is 7.60. The van der Waals surface area contributed by atoms with Crippen molar-refractivity contribution in [3.8, 4) is 0 Å². The molecule has 2 heteroatoms. The lowest BCUT2D eigenvalue weighted by Gasteiger charge is -2.07. The van der Waals surface area contributed by atoms with E-state index in [4.69, 9.17) is 0 Å². The molecular weight excluding hydrogens is 246 g/mol. The summed E-state index contributed by atoms with van der Waals surface area (Å²) in [5.74, 6) is 0.903. The third-order valence-corrected chi connectivity index (χ3v) is 3.91. The second kappa shape index (κ2) is 7.18. The molecule has 1 aromatic rings. The van der Waals surface area contributed by atoms with Gasteiger partial charge >= 0.3 is 5.91 Å². The number of aryl methyl sites for hydroxylation is 1. The van der Waals surface area contributed by atoms with Crippen molar-refractivity contribution in [3.05, 3.63) is 41.5 Å². The van der Waals surface area contributed by atoms with Crippen LogP contribution in [0.15, 0.2) is 30.3 Å². The largest absolute Gasteiger partial charge is 0.412 e. The second-order valence-electron chi connectivity index (χ2n) is 5.65. The zero-order chi connectivity index (χ0) is 14.4. The quantitative estimate of drug-likeness (QED) is 0.546. The highest BCUT2D eigenvalue weighted by molar-refractivity contribution is 5.91. The maximum Gasteiger partial charge on any atom is 0.412 e. The standard InChI is InChI=1S/C18H24NO/c1-3-15(2)5-4-6-16-7-9-17(10-8-16)11-12-18(20)19-13-14-19/h7-13,15H,3-6,14H2,1-2H3/q+1. The Morgan fingerprint density at radius 1 is 1.35 bits per heavy atom. The number of benzene rings is 1. The van der Waals surface area contributed by atoms with Crippen LogP contribution < -0.4 is 0 Å². The number of rotatable bonds is 7. The molecule has 0 fully saturated rings. The van der Waals surface area contributed by atoms with Crippen LogP contribution in [0.4, 0.5) is 0 Å². The average molecular weight is 270 g/mol. The first-order chi connectivity index (χ1) is 9.69. The summed E-state index contributed by atoms with van der Waals surface area (Å²) >= 11 is 0. The van der Waals surface area contributed by atoms with Crippen LogP contribution in [0.3, 0.4) is 0 Å². The van der Waals surface area contributed by atoms with Gasteiger partial charge in [0, 0.05) is 0 Å². The number of amides is 1. The summed E-state index contributed by atoms with van der Waals surface area (Å²) in [5, 5.41) is 0. The van der Waals surface area contributed by atoms with Crippen molar-refractivity contribution in [2.75, 3.05) is 6.54 Å². The molecule has 0 radical (unpaired) electrons. The van der Waals surface area contributed by atoms with Gasteiger partial charge in [0.2, 0.25) is 12.8 Å². The zero-order valence-corrected chi connectivity index (χ0v) is 12.5. The number of nitrogens with zero attached hydrogens (tertiary/aromatic N) is 1. The molecule has 1 heterocycles. The molecule has 1 atom stereocenters. The van der Waals surface area contributed by atoms with Crippen LogP contribution in [0.1, 0.15) is 44.2 Å². The van der Waals surface area contributed by atoms with Gasteiger partial charge in [-0.15, -0.1) is 0 Å². The van der Waals surface area contributed by atoms with E-state index < -0.39 is 0 Å². The predicted octanol–water partition coefficient (Wildman–Crippen LogP) is 3.69. The van der Waals surface area contributed by atoms with Crippen LogP contribution in [-0.2, 0) is 11.2 Å². The highest BCUT2D eigenvalue weighted by atomic mass is 16.2. The van der Waals surface area contributed by atoms with Gasteiger partial charge in [-0.05, 0) is 36.0 Å². The highest BCUT2D eigenvalue weighted by Crippen LogP contribution is 2.14. The van der Waals surface area contributed by atoms with Gasteiger partial charge in [0.25, 0.3) is 0 Å². The molecule has 0 spiro atoms. The lowest BCUT2D eigenvalue weighted by atomic mass is 9.99. The molecule has 1 unspecified atom stereocenters. The molecule has 1 aromatic carbocycles. The smallest absolute Gasteiger partial charge is 0.215 e. The minimum atomic E-state index is 0.0719. The summed E-state index contributed by atoms with van der Waals surface area (Å²) in [6.07, 6.45) is 10.4. The first kappa shape index (κ1) is 14.7. The fraction of sp³-hybridized carbons (Fsp3) is 0.444. The van der Waals surface area contributed by atoms with Crippen LogP contribution in [-0.4, -0.2) is 23.2 Å². The Bertz CT molecular complexity index is 511. The lowest BCUT2D eigenvalue weighted by Crippen LogP contribution is -2.01. The summed E-state index contributed by atoms with van der Waals surface area (Å²) in [6, 6.07) is 8.53. The Hall–Kier alpha value is -1.70. The summed E-state index contributed by atoms with van der Waals surface area (Å²) in [5.41, 5.74) is 2.47. The number of hydrogen-bond donors (Lipinski definition) is 0. The van der Waals surface area contributed by atoms with Gasteiger partial charge in [0.05, 0.1) is 6.08 Å². The van der Waals surface area contributed by atoms with E-state index in [1.165, 1.54) is 24.8 Å². The van der Waals surface area contributed by atoms with Crippen LogP contribution >= 0.6 is 0 Å². The fourth-order valence-corrected chi connectivity index (χ4v) is 2.14. The molecule has 0 saturated carbocycles. The van der Waals surface area contributed by atoms with E-state index in [1.807, 2.05) is 12.3 Å². The molecule has 0 bridgehead atoms. The molecular formula is C18H24NO+. The molecule has 1 aliphatic rings. The maximum absolute atomic E-state index is 11.5. The van der Waals surface area contributed by atoms with E-state index in [1.54, 1.807) is 10.7 Å². The van der Waals surface area contributed by atoms with Gasteiger partial charge < -0.3 is 0 Å². The van der Waals surface area contributed by atoms with Crippen molar-refractivity contribution < 1.29 is 9.37 Å². The predicted molar refractivity (Wildman–Crippen MR) is 84.1 cm³/mol. The van der Waals surface area contributed by atoms with Crippen molar-refractivity contribution in [2.45, 2.75) is 39.5 Å². The number of carbonyl (C=O) groups is 1. The normalized spacial score (nSPS) is 15.2. The van der Waals surface area contributed by atoms with Crippen molar-refractivity contribution >= 4 is 18.2 Å². The van der Waals surface area contributed by atoms with E-state index in [-0.39, 0.29) is 5.91 Å². The van der Waals surface area contributed by atoms with Crippen molar-refractivity contribution in [1.82, 2.24) is 0 Å². The molecule has 0 saturated heterocycles. The zero-order valence-electron chi connectivity index (χ0n) is 12.5. The van der Waals surface area contributed by atoms with Gasteiger partial charge in [0.15, 0.2) is 0 Å². The van der Waals surface area contributed by atoms with Gasteiger partial charge in [0.1, 0.15) is 0 Å². The summed E-state index contributed by atoms with van der Waals surface area (Å²) in [7, 11) is 0. The third-order valence-electron chi connectivity index (χ3n) is 3.91. The molecule has 2 nitrogen and oxygen atoms in total. The highest BCUT2D eigenvalue weighted by Gasteiger charge is 2.24. The van der Waals surface area contributed by atoms with Gasteiger partial charge in [-0.2, -0.15) is 4.58 Å². The topological polar surface area (TPSA) is 20.1 Å². The van der Waals surface area contributed by atoms with Gasteiger partial charge in [-0.25, -0.2) is 4.79 Å². The monoisotopic (exact) mass is 270 g/mol. The SMILES string of the molecule is CCC(C)CCCc1ccc(C=CC(=O)[N+]2=CC2)cc1. The summed E-state index contributed by atoms with van der Waals surface area (Å²) < 4.78 is 1.69. The maximum atomic E-state index is 11.5. The molecule has 106 valence electrons. The van der Waals surface area contributed by atoms with Gasteiger partial charge in [-0.3, -0.25) is 0 Å². The fourth-order valence-electron chi connectivity index (χ4n) is 2.14. The van der Waals surface area contributed by atoms with Crippen LogP contribution in [0.5, 0.6) is 0 Å². The van der Waals surface area contributed by atoms with Crippen LogP contribution in [0.2, 0.25) is 0 Å². The van der Waals surface area contributed by atoms with Crippen molar-refractivity contribution in [1.29, 1.82) is 0 Å². The van der Waals surface area contributed by atoms with Gasteiger partial charge in [-0.1, -0.05) is 51.0 Å². The van der Waals surface area contributed by atoms with Crippen molar-refractivity contribution in [2.24, 2.45) is 5.92 Å². The Kier molecular flexibility index (Phi) is 5.28. The van der Waals surface area contributed by atoms with Crippen LogP contribution in [0, 0.1) is 5.92 Å². The summed E-state index contributed by atoms with van der Waals surface area (Å²) in [6.45, 7) is 5.36. The Morgan fingerprint density at radius 2 is 2.05 bits per heavy atom. The Morgan fingerprint density at radius 3 is 2.65 bits per heavy atom. The Balaban J connectivity index is 1.80. The minimum Gasteiger partial charge on any atom is -0.215 e. The van der Waals surface area contributed by atoms with Crippen LogP contribution in [0.25, 0.3) is 6.08 Å². The van der Waals surface area contributed by atoms with E-state index in [9.17, 15) is 4.79 Å². The number of carbonyl (C=O) groups excluding carboxylic acids is 1. The molecule has 20 heavy (non-hydrogen) atoms. The van der Waals surface area contributed by atoms with E-state index in [0.29, 0.717) is 0 Å².